The molecule has 77 heavy (non-hydrogen) atoms. The average molecular weight is 1080 g/mol. The smallest absolute Gasteiger partial charge is 0.330 e. The van der Waals surface area contributed by atoms with Crippen LogP contribution in [0.2, 0.25) is 0 Å². The van der Waals surface area contributed by atoms with E-state index in [9.17, 15) is 75.7 Å². The fourth-order valence-electron chi connectivity index (χ4n) is 8.32. The van der Waals surface area contributed by atoms with E-state index in [2.05, 4.69) is 0 Å². The third kappa shape index (κ3) is 13.0. The molecule has 3 saturated heterocycles. The number of aromatic hydroxyl groups is 3. The van der Waals surface area contributed by atoms with E-state index >= 15 is 0 Å². The van der Waals surface area contributed by atoms with Crippen LogP contribution in [0.1, 0.15) is 11.1 Å². The molecule has 1 aliphatic carbocycles. The predicted molar refractivity (Wildman–Crippen MR) is 259 cm³/mol. The Morgan fingerprint density at radius 2 is 1.09 bits per heavy atom. The molecule has 25 heteroatoms. The minimum Gasteiger partial charge on any atom is -0.508 e. The second-order valence-corrected chi connectivity index (χ2v) is 17.8. The number of aliphatic hydroxyl groups excluding tert-OH is 9. The molecular weight excluding hydrogens is 1020 g/mol. The zero-order chi connectivity index (χ0) is 55.2. The Morgan fingerprint density at radius 3 is 1.71 bits per heavy atom. The van der Waals surface area contributed by atoms with Gasteiger partial charge < -0.3 is 108 Å². The van der Waals surface area contributed by atoms with E-state index in [0.717, 1.165) is 24.3 Å². The van der Waals surface area contributed by atoms with Crippen molar-refractivity contribution in [3.8, 4) is 57.1 Å². The van der Waals surface area contributed by atoms with Crippen molar-refractivity contribution in [1.82, 2.24) is 0 Å². The number of rotatable bonds is 17. The number of aliphatic hydroxyl groups is 9. The SMILES string of the molecule is COc1cc(C=CC(=O)OC[C@H]2O[C@@H](Oc3cc4c(O[C@@H]5O[C@H](CO)[C@@H](O)[C@H](O)[C@H]5O)cc(=O)cc-4oc3-c3ccc(O)cc3)[C@H](O[C@@H]3O[C@H](COC(=O)C=Cc4ccc(O)cc4)[C@@H](O)[C@H](O)[C@H]3O)[C@@H](O)[C@@H]2O)ccc1O. The Hall–Kier alpha value is -7.21. The minimum atomic E-state index is -2.12. The van der Waals surface area contributed by atoms with Crippen LogP contribution < -0.4 is 19.6 Å². The summed E-state index contributed by atoms with van der Waals surface area (Å²) in [6, 6.07) is 18.6. The summed E-state index contributed by atoms with van der Waals surface area (Å²) in [5.41, 5.74) is 0.293. The number of esters is 2. The molecule has 8 rings (SSSR count). The summed E-state index contributed by atoms with van der Waals surface area (Å²) in [5.74, 6) is -3.26. The fourth-order valence-corrected chi connectivity index (χ4v) is 8.32. The Morgan fingerprint density at radius 1 is 0.558 bits per heavy atom. The lowest BCUT2D eigenvalue weighted by Gasteiger charge is -2.46. The van der Waals surface area contributed by atoms with Gasteiger partial charge in [-0.05, 0) is 77.9 Å². The summed E-state index contributed by atoms with van der Waals surface area (Å²) < 4.78 is 57.8. The van der Waals surface area contributed by atoms with E-state index in [4.69, 9.17) is 47.0 Å². The van der Waals surface area contributed by atoms with E-state index in [-0.39, 0.29) is 57.1 Å². The third-order valence-electron chi connectivity index (χ3n) is 12.6. The van der Waals surface area contributed by atoms with Crippen molar-refractivity contribution in [1.29, 1.82) is 0 Å². The van der Waals surface area contributed by atoms with Gasteiger partial charge in [0.15, 0.2) is 40.8 Å². The number of hydrogen-bond donors (Lipinski definition) is 12. The van der Waals surface area contributed by atoms with Gasteiger partial charge in [0.05, 0.1) is 19.3 Å². The van der Waals surface area contributed by atoms with Crippen molar-refractivity contribution in [3.05, 3.63) is 118 Å². The first kappa shape index (κ1) is 56.0. The van der Waals surface area contributed by atoms with Crippen molar-refractivity contribution in [2.45, 2.75) is 92.1 Å². The van der Waals surface area contributed by atoms with Gasteiger partial charge in [0.25, 0.3) is 0 Å². The number of phenols is 3. The van der Waals surface area contributed by atoms with Gasteiger partial charge in [0.2, 0.25) is 12.6 Å². The zero-order valence-corrected chi connectivity index (χ0v) is 40.3. The Kier molecular flexibility index (Phi) is 17.8. The van der Waals surface area contributed by atoms with Crippen molar-refractivity contribution in [3.63, 3.8) is 0 Å². The molecule has 4 heterocycles. The summed E-state index contributed by atoms with van der Waals surface area (Å²) in [5, 5.41) is 128. The lowest BCUT2D eigenvalue weighted by Crippen LogP contribution is -2.65. The van der Waals surface area contributed by atoms with Gasteiger partial charge in [-0.1, -0.05) is 18.2 Å². The minimum absolute atomic E-state index is 0.00980. The molecule has 0 amide bonds. The number of benzene rings is 4. The Bertz CT molecular complexity index is 2900. The number of ether oxygens (including phenoxy) is 9. The Labute approximate surface area is 435 Å². The molecule has 3 aromatic rings. The van der Waals surface area contributed by atoms with Crippen LogP contribution >= 0.6 is 0 Å². The van der Waals surface area contributed by atoms with Crippen molar-refractivity contribution < 1.29 is 118 Å². The van der Waals surface area contributed by atoms with Crippen LogP contribution in [-0.2, 0) is 38.0 Å². The molecule has 0 unspecified atom stereocenters. The first-order valence-corrected chi connectivity index (χ1v) is 23.6. The average Bonchev–Trinajstić information content (AvgIpc) is 3.46. The summed E-state index contributed by atoms with van der Waals surface area (Å²) in [6.07, 6.45) is -23.5. The van der Waals surface area contributed by atoms with E-state index < -0.39 is 129 Å². The predicted octanol–water partition coefficient (Wildman–Crippen LogP) is -0.753. The molecule has 0 saturated carbocycles. The molecular formula is C52H54O25. The van der Waals surface area contributed by atoms with Gasteiger partial charge in [-0.3, -0.25) is 4.79 Å². The molecule has 0 aromatic heterocycles. The highest BCUT2D eigenvalue weighted by molar-refractivity contribution is 5.87. The summed E-state index contributed by atoms with van der Waals surface area (Å²) >= 11 is 0. The monoisotopic (exact) mass is 1080 g/mol. The number of carbonyl (C=O) groups is 2. The van der Waals surface area contributed by atoms with Crippen LogP contribution in [-0.4, -0.2) is 192 Å². The van der Waals surface area contributed by atoms with Crippen LogP contribution in [0.3, 0.4) is 0 Å². The molecule has 3 aromatic carbocycles. The maximum atomic E-state index is 13.1. The third-order valence-corrected chi connectivity index (χ3v) is 12.6. The highest BCUT2D eigenvalue weighted by Gasteiger charge is 2.52. The molecule has 412 valence electrons. The second-order valence-electron chi connectivity index (χ2n) is 17.8. The summed E-state index contributed by atoms with van der Waals surface area (Å²) in [6.45, 7) is -2.32. The van der Waals surface area contributed by atoms with E-state index in [0.29, 0.717) is 11.1 Å². The number of hydrogen-bond acceptors (Lipinski definition) is 25. The molecule has 12 N–H and O–H groups in total. The van der Waals surface area contributed by atoms with Gasteiger partial charge in [-0.25, -0.2) is 9.59 Å². The molecule has 3 fully saturated rings. The van der Waals surface area contributed by atoms with Crippen LogP contribution in [0.25, 0.3) is 34.8 Å². The van der Waals surface area contributed by atoms with E-state index in [1.807, 2.05) is 0 Å². The van der Waals surface area contributed by atoms with Gasteiger partial charge in [-0.15, -0.1) is 0 Å². The highest BCUT2D eigenvalue weighted by Crippen LogP contribution is 2.44. The quantitative estimate of drug-likeness (QED) is 0.0402. The topological polar surface area (TPSA) is 390 Å². The molecule has 0 spiro atoms. The summed E-state index contributed by atoms with van der Waals surface area (Å²) in [4.78, 5) is 38.9. The van der Waals surface area contributed by atoms with Crippen molar-refractivity contribution in [2.75, 3.05) is 26.9 Å². The van der Waals surface area contributed by atoms with Crippen LogP contribution in [0.4, 0.5) is 0 Å². The standard InChI is InChI=1S/C52H54O25/c1-68-33-16-24(4-13-30(33)57)6-15-39(59)70-22-37-42(62)45(65)49(77-51-47(67)44(64)41(61)36(75-51)21-69-38(58)14-5-23-2-9-26(54)10-3-23)52(76-37)73-34-19-29-31(71-48(34)25-7-11-27(55)12-8-25)17-28(56)18-32(29)72-50-46(66)43(63)40(60)35(20-53)74-50/h2-19,35-37,40-47,49-55,57,60-67H,20-22H2,1H3/t35-,36-,37-,40-,41-,42-,43+,44+,45+,46-,47-,49-,50-,51+,52-/m1/s1. The van der Waals surface area contributed by atoms with E-state index in [1.54, 1.807) is 0 Å². The van der Waals surface area contributed by atoms with Gasteiger partial charge in [0.1, 0.15) is 103 Å². The number of methoxy groups -OCH3 is 1. The number of fused-ring (bicyclic) bond motifs is 1. The molecule has 4 aliphatic heterocycles. The lowest BCUT2D eigenvalue weighted by molar-refractivity contribution is -0.358. The molecule has 15 atom stereocenters. The maximum Gasteiger partial charge on any atom is 0.330 e. The second kappa shape index (κ2) is 24.4. The zero-order valence-electron chi connectivity index (χ0n) is 40.3. The largest absolute Gasteiger partial charge is 0.508 e. The first-order chi connectivity index (χ1) is 36.8. The number of phenolic OH excluding ortho intramolecular Hbond substituents is 3. The van der Waals surface area contributed by atoms with Crippen LogP contribution in [0.5, 0.6) is 34.5 Å². The van der Waals surface area contributed by atoms with Gasteiger partial charge in [0, 0.05) is 29.8 Å². The van der Waals surface area contributed by atoms with Crippen molar-refractivity contribution in [2.24, 2.45) is 0 Å². The van der Waals surface area contributed by atoms with Crippen LogP contribution in [0.15, 0.2) is 106 Å². The maximum absolute atomic E-state index is 13.1. The lowest BCUT2D eigenvalue weighted by atomic mass is 9.97. The van der Waals surface area contributed by atoms with Crippen molar-refractivity contribution >= 4 is 24.1 Å². The van der Waals surface area contributed by atoms with Crippen LogP contribution in [0, 0.1) is 0 Å². The summed E-state index contributed by atoms with van der Waals surface area (Å²) in [7, 11) is 1.33. The molecule has 5 aliphatic rings. The molecule has 0 radical (unpaired) electrons. The fraction of sp³-hybridized carbons (Fsp3) is 0.365. The first-order valence-electron chi connectivity index (χ1n) is 23.6. The van der Waals surface area contributed by atoms with Gasteiger partial charge >= 0.3 is 11.9 Å². The highest BCUT2D eigenvalue weighted by atomic mass is 16.8. The Balaban J connectivity index is 1.12. The molecule has 25 nitrogen and oxygen atoms in total. The van der Waals surface area contributed by atoms with E-state index in [1.165, 1.54) is 92.1 Å². The molecule has 0 bridgehead atoms. The normalized spacial score (nSPS) is 29.6. The van der Waals surface area contributed by atoms with Gasteiger partial charge in [-0.2, -0.15) is 0 Å². The number of carbonyl (C=O) groups excluding carboxylic acids is 2.